The molecule has 0 spiro atoms. The molecule has 0 aliphatic carbocycles. The highest BCUT2D eigenvalue weighted by molar-refractivity contribution is 7.89. The van der Waals surface area contributed by atoms with Gasteiger partial charge in [0.05, 0.1) is 25.2 Å². The van der Waals surface area contributed by atoms with Crippen LogP contribution in [0.15, 0.2) is 23.1 Å². The predicted octanol–water partition coefficient (Wildman–Crippen LogP) is 4.98. The minimum atomic E-state index is -3.84. The standard InChI is InChI=1S/C24H43N2O8PS/c1-9-32-35(33-10-2)18-31-22-16-20(12-13-21(22)30-8)36(28,29)26(17-19(3)4)15-11-14-25-23(27)34-24(5,6)7/h12-13,16,19H,9-11,14-15,17-18H2,1-8H3,(H,25,27). The summed E-state index contributed by atoms with van der Waals surface area (Å²) in [6.07, 6.45) is 0.0393. The number of nitrogens with zero attached hydrogens (tertiary/aromatic N) is 1. The van der Waals surface area contributed by atoms with Gasteiger partial charge in [0.1, 0.15) is 5.60 Å². The minimum Gasteiger partial charge on any atom is -0.493 e. The maximum Gasteiger partial charge on any atom is 0.407 e. The van der Waals surface area contributed by atoms with Crippen LogP contribution in [-0.2, 0) is 23.8 Å². The van der Waals surface area contributed by atoms with Gasteiger partial charge in [-0.2, -0.15) is 4.31 Å². The van der Waals surface area contributed by atoms with Crippen molar-refractivity contribution in [1.29, 1.82) is 0 Å². The van der Waals surface area contributed by atoms with Crippen molar-refractivity contribution < 1.29 is 36.5 Å². The summed E-state index contributed by atoms with van der Waals surface area (Å²) in [5.41, 5.74) is -0.599. The molecule has 0 atom stereocenters. The van der Waals surface area contributed by atoms with Crippen LogP contribution in [0.1, 0.15) is 54.9 Å². The van der Waals surface area contributed by atoms with Crippen LogP contribution in [0.25, 0.3) is 0 Å². The van der Waals surface area contributed by atoms with Gasteiger partial charge in [0.25, 0.3) is 0 Å². The molecule has 1 rings (SSSR count). The van der Waals surface area contributed by atoms with Gasteiger partial charge in [-0.1, -0.05) is 13.8 Å². The second kappa shape index (κ2) is 15.6. The molecule has 10 nitrogen and oxygen atoms in total. The van der Waals surface area contributed by atoms with Crippen molar-refractivity contribution in [3.05, 3.63) is 18.2 Å². The highest BCUT2D eigenvalue weighted by atomic mass is 32.2. The first kappa shape index (κ1) is 32.4. The third kappa shape index (κ3) is 11.6. The Kier molecular flexibility index (Phi) is 14.0. The second-order valence-corrected chi connectivity index (χ2v) is 12.7. The molecule has 36 heavy (non-hydrogen) atoms. The monoisotopic (exact) mass is 550 g/mol. The van der Waals surface area contributed by atoms with Gasteiger partial charge in [-0.05, 0) is 59.1 Å². The maximum absolute atomic E-state index is 13.6. The minimum absolute atomic E-state index is 0.0937. The maximum atomic E-state index is 13.6. The van der Waals surface area contributed by atoms with Crippen LogP contribution in [0, 0.1) is 5.92 Å². The first-order valence-corrected chi connectivity index (χ1v) is 15.0. The molecule has 0 aliphatic heterocycles. The van der Waals surface area contributed by atoms with Crippen LogP contribution in [0.5, 0.6) is 11.5 Å². The van der Waals surface area contributed by atoms with Crippen molar-refractivity contribution in [3.63, 3.8) is 0 Å². The number of alkyl carbamates (subject to hydrolysis) is 1. The van der Waals surface area contributed by atoms with Crippen LogP contribution in [-0.4, -0.2) is 70.7 Å². The number of nitrogens with one attached hydrogen (secondary N) is 1. The number of carbonyl (C=O) groups is 1. The smallest absolute Gasteiger partial charge is 0.407 e. The van der Waals surface area contributed by atoms with E-state index in [-0.39, 0.29) is 30.3 Å². The molecule has 0 saturated heterocycles. The SMILES string of the molecule is CCOP(COc1cc(S(=O)(=O)N(CCCNC(=O)OC(C)(C)C)CC(C)C)ccc1OC)OCC. The van der Waals surface area contributed by atoms with E-state index in [9.17, 15) is 13.2 Å². The summed E-state index contributed by atoms with van der Waals surface area (Å²) in [5, 5.41) is 2.67. The summed E-state index contributed by atoms with van der Waals surface area (Å²) in [4.78, 5) is 12.0. The fraction of sp³-hybridized carbons (Fsp3) is 0.708. The Morgan fingerprint density at radius 1 is 1.11 bits per heavy atom. The molecule has 0 aromatic heterocycles. The highest BCUT2D eigenvalue weighted by Gasteiger charge is 2.27. The van der Waals surface area contributed by atoms with E-state index in [1.807, 2.05) is 27.7 Å². The lowest BCUT2D eigenvalue weighted by Crippen LogP contribution is -2.38. The van der Waals surface area contributed by atoms with Gasteiger partial charge in [-0.3, -0.25) is 0 Å². The predicted molar refractivity (Wildman–Crippen MR) is 141 cm³/mol. The fourth-order valence-corrected chi connectivity index (χ4v) is 5.78. The molecule has 0 unspecified atom stereocenters. The van der Waals surface area contributed by atoms with Gasteiger partial charge in [0, 0.05) is 25.7 Å². The number of hydrogen-bond acceptors (Lipinski definition) is 8. The zero-order valence-corrected chi connectivity index (χ0v) is 24.5. The third-order valence-corrected chi connectivity index (χ3v) is 7.76. The van der Waals surface area contributed by atoms with E-state index in [0.29, 0.717) is 37.7 Å². The van der Waals surface area contributed by atoms with Crippen LogP contribution >= 0.6 is 8.38 Å². The molecule has 0 fully saturated rings. The first-order chi connectivity index (χ1) is 16.8. The van der Waals surface area contributed by atoms with Gasteiger partial charge in [0.15, 0.2) is 17.8 Å². The molecular formula is C24H43N2O8PS. The molecule has 208 valence electrons. The highest BCUT2D eigenvalue weighted by Crippen LogP contribution is 2.40. The van der Waals surface area contributed by atoms with E-state index in [1.54, 1.807) is 26.8 Å². The van der Waals surface area contributed by atoms with Crippen LogP contribution < -0.4 is 14.8 Å². The molecule has 1 N–H and O–H groups in total. The van der Waals surface area contributed by atoms with Crippen LogP contribution in [0.4, 0.5) is 4.79 Å². The quantitative estimate of drug-likeness (QED) is 0.227. The Balaban J connectivity index is 3.00. The van der Waals surface area contributed by atoms with Crippen LogP contribution in [0.3, 0.4) is 0 Å². The van der Waals surface area contributed by atoms with Gasteiger partial charge in [-0.25, -0.2) is 13.2 Å². The Bertz CT molecular complexity index is 900. The first-order valence-electron chi connectivity index (χ1n) is 12.1. The zero-order valence-electron chi connectivity index (χ0n) is 22.8. The van der Waals surface area contributed by atoms with E-state index < -0.39 is 30.1 Å². The molecular weight excluding hydrogens is 507 g/mol. The molecule has 1 aromatic rings. The van der Waals surface area contributed by atoms with Gasteiger partial charge < -0.3 is 28.6 Å². The average molecular weight is 551 g/mol. The molecule has 12 heteroatoms. The van der Waals surface area contributed by atoms with E-state index in [2.05, 4.69) is 5.32 Å². The van der Waals surface area contributed by atoms with Crippen LogP contribution in [0.2, 0.25) is 0 Å². The number of ether oxygens (including phenoxy) is 3. The summed E-state index contributed by atoms with van der Waals surface area (Å²) >= 11 is 0. The lowest BCUT2D eigenvalue weighted by molar-refractivity contribution is 0.0526. The molecule has 0 aliphatic rings. The molecule has 1 aromatic carbocycles. The number of methoxy groups -OCH3 is 1. The topological polar surface area (TPSA) is 113 Å². The number of carbonyl (C=O) groups excluding carboxylic acids is 1. The van der Waals surface area contributed by atoms with Crippen molar-refractivity contribution in [3.8, 4) is 11.5 Å². The van der Waals surface area contributed by atoms with E-state index in [0.717, 1.165) is 0 Å². The fourth-order valence-electron chi connectivity index (χ4n) is 3.08. The van der Waals surface area contributed by atoms with Gasteiger partial charge in [-0.15, -0.1) is 0 Å². The van der Waals surface area contributed by atoms with E-state index in [4.69, 9.17) is 23.3 Å². The Labute approximate surface area is 217 Å². The van der Waals surface area contributed by atoms with Crippen molar-refractivity contribution in [2.45, 2.75) is 65.4 Å². The summed E-state index contributed by atoms with van der Waals surface area (Å²) in [5.74, 6) is 0.809. The largest absolute Gasteiger partial charge is 0.493 e. The molecule has 0 radical (unpaired) electrons. The number of sulfonamides is 1. The molecule has 0 bridgehead atoms. The van der Waals surface area contributed by atoms with Gasteiger partial charge in [0.2, 0.25) is 18.4 Å². The van der Waals surface area contributed by atoms with Crippen molar-refractivity contribution in [2.75, 3.05) is 46.3 Å². The van der Waals surface area contributed by atoms with E-state index >= 15 is 0 Å². The van der Waals surface area contributed by atoms with E-state index in [1.165, 1.54) is 23.5 Å². The normalized spacial score (nSPS) is 12.3. The number of benzene rings is 1. The summed E-state index contributed by atoms with van der Waals surface area (Å²) in [7, 11) is -3.61. The third-order valence-electron chi connectivity index (χ3n) is 4.47. The summed E-state index contributed by atoms with van der Waals surface area (Å²) in [6, 6.07) is 4.54. The molecule has 1 amide bonds. The van der Waals surface area contributed by atoms with Crippen molar-refractivity contribution in [2.24, 2.45) is 5.92 Å². The number of rotatable bonds is 16. The zero-order chi connectivity index (χ0) is 27.4. The summed E-state index contributed by atoms with van der Waals surface area (Å²) < 4.78 is 56.1. The lowest BCUT2D eigenvalue weighted by atomic mass is 10.2. The summed E-state index contributed by atoms with van der Waals surface area (Å²) in [6.45, 7) is 14.8. The Hall–Kier alpha value is -1.65. The Morgan fingerprint density at radius 3 is 2.28 bits per heavy atom. The molecule has 0 heterocycles. The molecule has 0 saturated carbocycles. The van der Waals surface area contributed by atoms with Crippen molar-refractivity contribution >= 4 is 24.5 Å². The number of amides is 1. The average Bonchev–Trinajstić information content (AvgIpc) is 2.78. The Morgan fingerprint density at radius 2 is 1.75 bits per heavy atom. The number of hydrogen-bond donors (Lipinski definition) is 1. The lowest BCUT2D eigenvalue weighted by Gasteiger charge is -2.25. The van der Waals surface area contributed by atoms with Gasteiger partial charge >= 0.3 is 6.09 Å². The second-order valence-electron chi connectivity index (χ2n) is 9.29. The van der Waals surface area contributed by atoms with Crippen molar-refractivity contribution in [1.82, 2.24) is 9.62 Å².